The Hall–Kier alpha value is -0.0400. The summed E-state index contributed by atoms with van der Waals surface area (Å²) in [7, 11) is 0. The summed E-state index contributed by atoms with van der Waals surface area (Å²) in [5, 5.41) is 6.66. The first-order valence-electron chi connectivity index (χ1n) is 7.89. The molecule has 0 aromatic heterocycles. The Morgan fingerprint density at radius 1 is 1.15 bits per heavy atom. The molecule has 1 saturated heterocycles. The Labute approximate surface area is 142 Å². The number of guanidine groups is 1. The Morgan fingerprint density at radius 2 is 1.80 bits per heavy atom. The Bertz CT molecular complexity index is 263. The molecule has 1 atom stereocenters. The maximum Gasteiger partial charge on any atom is 0.191 e. The molecule has 5 heteroatoms. The molecule has 120 valence electrons. The zero-order valence-electron chi connectivity index (χ0n) is 13.6. The van der Waals surface area contributed by atoms with Gasteiger partial charge in [-0.2, -0.15) is 0 Å². The molecule has 0 bridgehead atoms. The van der Waals surface area contributed by atoms with Gasteiger partial charge in [-0.1, -0.05) is 13.3 Å². The summed E-state index contributed by atoms with van der Waals surface area (Å²) in [6.07, 6.45) is 4.15. The normalized spacial score (nSPS) is 18.6. The van der Waals surface area contributed by atoms with Gasteiger partial charge in [-0.3, -0.25) is 4.99 Å². The van der Waals surface area contributed by atoms with Crippen molar-refractivity contribution in [1.29, 1.82) is 0 Å². The highest BCUT2D eigenvalue weighted by atomic mass is 127. The van der Waals surface area contributed by atoms with Crippen molar-refractivity contribution < 1.29 is 0 Å². The molecule has 0 aromatic rings. The highest BCUT2D eigenvalue weighted by Crippen LogP contribution is 2.10. The van der Waals surface area contributed by atoms with Crippen LogP contribution in [0.2, 0.25) is 0 Å². The van der Waals surface area contributed by atoms with Gasteiger partial charge in [-0.25, -0.2) is 0 Å². The van der Waals surface area contributed by atoms with Crippen molar-refractivity contribution in [2.24, 2.45) is 10.9 Å². The highest BCUT2D eigenvalue weighted by molar-refractivity contribution is 14.0. The van der Waals surface area contributed by atoms with E-state index in [2.05, 4.69) is 48.2 Å². The number of rotatable bonds is 6. The van der Waals surface area contributed by atoms with Gasteiger partial charge in [-0.15, -0.1) is 24.0 Å². The van der Waals surface area contributed by atoms with Crippen LogP contribution in [0, 0.1) is 5.92 Å². The van der Waals surface area contributed by atoms with Gasteiger partial charge in [0.25, 0.3) is 0 Å². The predicted molar refractivity (Wildman–Crippen MR) is 99.1 cm³/mol. The van der Waals surface area contributed by atoms with Crippen molar-refractivity contribution in [2.45, 2.75) is 53.0 Å². The van der Waals surface area contributed by atoms with E-state index in [0.29, 0.717) is 12.0 Å². The average molecular weight is 396 g/mol. The Balaban J connectivity index is 0.00000361. The second-order valence-electron chi connectivity index (χ2n) is 5.99. The maximum absolute atomic E-state index is 4.69. The Morgan fingerprint density at radius 3 is 2.35 bits per heavy atom. The van der Waals surface area contributed by atoms with E-state index in [-0.39, 0.29) is 24.0 Å². The number of likely N-dealkylation sites (tertiary alicyclic amines) is 1. The lowest BCUT2D eigenvalue weighted by atomic mass is 10.1. The zero-order chi connectivity index (χ0) is 14.1. The molecule has 1 rings (SSSR count). The van der Waals surface area contributed by atoms with Crippen LogP contribution in [-0.4, -0.2) is 49.6 Å². The molecule has 1 fully saturated rings. The van der Waals surface area contributed by atoms with Crippen LogP contribution in [-0.2, 0) is 0 Å². The fourth-order valence-corrected chi connectivity index (χ4v) is 2.48. The van der Waals surface area contributed by atoms with Crippen LogP contribution in [0.1, 0.15) is 47.0 Å². The van der Waals surface area contributed by atoms with E-state index in [1.54, 1.807) is 0 Å². The molecule has 2 N–H and O–H groups in total. The van der Waals surface area contributed by atoms with Crippen molar-refractivity contribution in [2.75, 3.05) is 32.7 Å². The average Bonchev–Trinajstić information content (AvgIpc) is 2.37. The molecule has 20 heavy (non-hydrogen) atoms. The van der Waals surface area contributed by atoms with Crippen LogP contribution in [0.3, 0.4) is 0 Å². The lowest BCUT2D eigenvalue weighted by molar-refractivity contribution is 0.203. The zero-order valence-corrected chi connectivity index (χ0v) is 15.9. The van der Waals surface area contributed by atoms with E-state index in [0.717, 1.165) is 19.0 Å². The van der Waals surface area contributed by atoms with Crippen LogP contribution in [0.25, 0.3) is 0 Å². The summed E-state index contributed by atoms with van der Waals surface area (Å²) < 4.78 is 0. The van der Waals surface area contributed by atoms with Crippen molar-refractivity contribution in [3.63, 3.8) is 0 Å². The minimum absolute atomic E-state index is 0. The molecule has 1 aliphatic heterocycles. The fourth-order valence-electron chi connectivity index (χ4n) is 2.48. The number of nitrogens with one attached hydrogen (secondary N) is 2. The van der Waals surface area contributed by atoms with Gasteiger partial charge >= 0.3 is 0 Å². The van der Waals surface area contributed by atoms with Crippen LogP contribution in [0.5, 0.6) is 0 Å². The second kappa shape index (κ2) is 11.6. The van der Waals surface area contributed by atoms with Crippen molar-refractivity contribution in [3.05, 3.63) is 0 Å². The smallest absolute Gasteiger partial charge is 0.191 e. The Kier molecular flexibility index (Phi) is 11.6. The molecule has 1 unspecified atom stereocenters. The van der Waals surface area contributed by atoms with E-state index in [4.69, 9.17) is 0 Å². The number of piperidine rings is 1. The summed E-state index contributed by atoms with van der Waals surface area (Å²) in [6, 6.07) is 0.426. The lowest BCUT2D eigenvalue weighted by Gasteiger charge is -2.28. The van der Waals surface area contributed by atoms with Gasteiger partial charge in [0, 0.05) is 25.7 Å². The maximum atomic E-state index is 4.69. The van der Waals surface area contributed by atoms with Crippen LogP contribution in [0.4, 0.5) is 0 Å². The minimum Gasteiger partial charge on any atom is -0.357 e. The first-order chi connectivity index (χ1) is 9.11. The van der Waals surface area contributed by atoms with Gasteiger partial charge < -0.3 is 15.5 Å². The molecule has 0 spiro atoms. The molecule has 0 saturated carbocycles. The largest absolute Gasteiger partial charge is 0.357 e. The van der Waals surface area contributed by atoms with Gasteiger partial charge in [0.1, 0.15) is 0 Å². The van der Waals surface area contributed by atoms with Crippen LogP contribution >= 0.6 is 24.0 Å². The summed E-state index contributed by atoms with van der Waals surface area (Å²) in [4.78, 5) is 7.28. The number of aliphatic imine (C=N–C) groups is 1. The number of halogens is 1. The summed E-state index contributed by atoms with van der Waals surface area (Å²) in [5.74, 6) is 1.57. The van der Waals surface area contributed by atoms with Crippen molar-refractivity contribution in [1.82, 2.24) is 15.5 Å². The van der Waals surface area contributed by atoms with Crippen molar-refractivity contribution in [3.8, 4) is 0 Å². The lowest BCUT2D eigenvalue weighted by Crippen LogP contribution is -2.41. The van der Waals surface area contributed by atoms with E-state index in [9.17, 15) is 0 Å². The highest BCUT2D eigenvalue weighted by Gasteiger charge is 2.13. The second-order valence-corrected chi connectivity index (χ2v) is 5.99. The molecular weight excluding hydrogens is 363 g/mol. The topological polar surface area (TPSA) is 39.7 Å². The summed E-state index contributed by atoms with van der Waals surface area (Å²) in [5.41, 5.74) is 0. The van der Waals surface area contributed by atoms with Crippen LogP contribution in [0.15, 0.2) is 4.99 Å². The van der Waals surface area contributed by atoms with Gasteiger partial charge in [0.05, 0.1) is 0 Å². The molecule has 1 heterocycles. The molecule has 0 aliphatic carbocycles. The van der Waals surface area contributed by atoms with E-state index >= 15 is 0 Å². The van der Waals surface area contributed by atoms with Gasteiger partial charge in [0.2, 0.25) is 0 Å². The van der Waals surface area contributed by atoms with Crippen molar-refractivity contribution >= 4 is 29.9 Å². The predicted octanol–water partition coefficient (Wildman–Crippen LogP) is 2.69. The number of hydrogen-bond acceptors (Lipinski definition) is 2. The summed E-state index contributed by atoms with van der Waals surface area (Å²) in [6.45, 7) is 14.2. The number of hydrogen-bond donors (Lipinski definition) is 2. The minimum atomic E-state index is 0. The molecule has 1 aliphatic rings. The first-order valence-corrected chi connectivity index (χ1v) is 7.89. The molecule has 4 nitrogen and oxygen atoms in total. The number of nitrogens with zero attached hydrogens (tertiary/aromatic N) is 2. The molecule has 0 amide bonds. The fraction of sp³-hybridized carbons (Fsp3) is 0.933. The molecular formula is C15H33IN4. The monoisotopic (exact) mass is 396 g/mol. The third-order valence-corrected chi connectivity index (χ3v) is 3.35. The SMILES string of the molecule is CCNC(=NCC(C)CN1CCCCC1)NC(C)C.I. The van der Waals surface area contributed by atoms with Gasteiger partial charge in [-0.05, 0) is 52.6 Å². The quantitative estimate of drug-likeness (QED) is 0.412. The third-order valence-electron chi connectivity index (χ3n) is 3.35. The van der Waals surface area contributed by atoms with Gasteiger partial charge in [0.15, 0.2) is 5.96 Å². The van der Waals surface area contributed by atoms with Crippen LogP contribution < -0.4 is 10.6 Å². The van der Waals surface area contributed by atoms with E-state index in [1.165, 1.54) is 38.9 Å². The third kappa shape index (κ3) is 9.00. The standard InChI is InChI=1S/C15H32N4.HI/c1-5-16-15(18-13(2)3)17-11-14(4)12-19-9-7-6-8-10-19;/h13-14H,5-12H2,1-4H3,(H2,16,17,18);1H. The first kappa shape index (κ1) is 20.0. The van der Waals surface area contributed by atoms with E-state index in [1.807, 2.05) is 0 Å². The molecule has 0 radical (unpaired) electrons. The van der Waals surface area contributed by atoms with E-state index < -0.39 is 0 Å². The molecule has 0 aromatic carbocycles. The summed E-state index contributed by atoms with van der Waals surface area (Å²) >= 11 is 0.